The predicted molar refractivity (Wildman–Crippen MR) is 108 cm³/mol. The van der Waals surface area contributed by atoms with Gasteiger partial charge in [0.25, 0.3) is 0 Å². The molecule has 1 heterocycles. The van der Waals surface area contributed by atoms with Crippen LogP contribution in [0.4, 0.5) is 18.9 Å². The van der Waals surface area contributed by atoms with Gasteiger partial charge < -0.3 is 16.0 Å². The number of carbonyl (C=O) groups is 1. The number of likely N-dealkylation sites (tertiary alicyclic amines) is 1. The fourth-order valence-corrected chi connectivity index (χ4v) is 3.22. The molecule has 3 N–H and O–H groups in total. The summed E-state index contributed by atoms with van der Waals surface area (Å²) in [6, 6.07) is 1.73. The molecule has 6 nitrogen and oxygen atoms in total. The molecular weight excluding hydrogens is 383 g/mol. The third-order valence-corrected chi connectivity index (χ3v) is 4.93. The molecule has 1 aliphatic heterocycles. The first-order valence-corrected chi connectivity index (χ1v) is 9.95. The van der Waals surface area contributed by atoms with Gasteiger partial charge >= 0.3 is 0 Å². The lowest BCUT2D eigenvalue weighted by molar-refractivity contribution is -0.114. The van der Waals surface area contributed by atoms with Gasteiger partial charge in [-0.05, 0) is 58.8 Å². The highest BCUT2D eigenvalue weighted by Crippen LogP contribution is 2.20. The summed E-state index contributed by atoms with van der Waals surface area (Å²) in [7, 11) is 0. The highest BCUT2D eigenvalue weighted by atomic mass is 19.2. The molecule has 1 aliphatic rings. The summed E-state index contributed by atoms with van der Waals surface area (Å²) in [5.74, 6) is -4.55. The molecule has 0 aliphatic carbocycles. The zero-order valence-corrected chi connectivity index (χ0v) is 17.2. The topological polar surface area (TPSA) is 68.8 Å². The Hall–Kier alpha value is -2.29. The van der Waals surface area contributed by atoms with E-state index in [1.165, 1.54) is 19.3 Å². The smallest absolute Gasteiger partial charge is 0.246 e. The first-order valence-electron chi connectivity index (χ1n) is 9.95. The molecule has 0 radical (unpaired) electrons. The van der Waals surface area contributed by atoms with Gasteiger partial charge in [-0.1, -0.05) is 6.42 Å². The third kappa shape index (κ3) is 6.62. The van der Waals surface area contributed by atoms with E-state index in [-0.39, 0.29) is 12.1 Å². The van der Waals surface area contributed by atoms with Crippen LogP contribution in [0.15, 0.2) is 17.1 Å². The van der Waals surface area contributed by atoms with Crippen molar-refractivity contribution in [1.29, 1.82) is 0 Å². The van der Waals surface area contributed by atoms with Crippen LogP contribution < -0.4 is 16.0 Å². The Balaban J connectivity index is 1.94. The van der Waals surface area contributed by atoms with Crippen LogP contribution in [0.5, 0.6) is 0 Å². The lowest BCUT2D eigenvalue weighted by Gasteiger charge is -2.41. The van der Waals surface area contributed by atoms with Gasteiger partial charge in [0.05, 0.1) is 5.69 Å². The van der Waals surface area contributed by atoms with Crippen molar-refractivity contribution in [3.8, 4) is 0 Å². The van der Waals surface area contributed by atoms with E-state index in [9.17, 15) is 18.0 Å². The lowest BCUT2D eigenvalue weighted by atomic mass is 9.98. The maximum Gasteiger partial charge on any atom is 0.246 e. The molecule has 0 unspecified atom stereocenters. The van der Waals surface area contributed by atoms with E-state index in [2.05, 4.69) is 39.7 Å². The molecule has 0 atom stereocenters. The number of benzene rings is 1. The largest absolute Gasteiger partial charge is 0.357 e. The highest BCUT2D eigenvalue weighted by Gasteiger charge is 2.28. The quantitative estimate of drug-likeness (QED) is 0.365. The second-order valence-corrected chi connectivity index (χ2v) is 7.68. The lowest BCUT2D eigenvalue weighted by Crippen LogP contribution is -2.55. The van der Waals surface area contributed by atoms with E-state index >= 15 is 0 Å². The number of aliphatic imine (C=N–C) groups is 1. The maximum absolute atomic E-state index is 13.7. The summed E-state index contributed by atoms with van der Waals surface area (Å²) in [4.78, 5) is 18.7. The Morgan fingerprint density at radius 1 is 1.10 bits per heavy atom. The van der Waals surface area contributed by atoms with E-state index in [4.69, 9.17) is 0 Å². The number of nitrogens with zero attached hydrogens (tertiary/aromatic N) is 2. The monoisotopic (exact) mass is 413 g/mol. The molecule has 162 valence electrons. The van der Waals surface area contributed by atoms with E-state index < -0.39 is 29.0 Å². The maximum atomic E-state index is 13.7. The minimum Gasteiger partial charge on any atom is -0.357 e. The summed E-state index contributed by atoms with van der Waals surface area (Å²) in [6.45, 7) is 9.30. The molecule has 9 heteroatoms. The van der Waals surface area contributed by atoms with E-state index in [1.54, 1.807) is 0 Å². The second kappa shape index (κ2) is 10.5. The van der Waals surface area contributed by atoms with Gasteiger partial charge in [-0.3, -0.25) is 9.69 Å². The zero-order chi connectivity index (χ0) is 21.4. The second-order valence-electron chi connectivity index (χ2n) is 7.68. The summed E-state index contributed by atoms with van der Waals surface area (Å²) in [5.41, 5.74) is -0.499. The number of nitrogens with one attached hydrogen (secondary N) is 3. The van der Waals surface area contributed by atoms with Gasteiger partial charge in [0.1, 0.15) is 6.54 Å². The van der Waals surface area contributed by atoms with Crippen LogP contribution in [0.3, 0.4) is 0 Å². The number of amides is 1. The van der Waals surface area contributed by atoms with Crippen LogP contribution in [-0.2, 0) is 4.79 Å². The molecule has 0 spiro atoms. The minimum atomic E-state index is -1.62. The number of carbonyl (C=O) groups excluding carboxylic acids is 1. The van der Waals surface area contributed by atoms with Crippen LogP contribution in [0.25, 0.3) is 0 Å². The van der Waals surface area contributed by atoms with Crippen molar-refractivity contribution in [2.75, 3.05) is 38.0 Å². The Morgan fingerprint density at radius 3 is 2.45 bits per heavy atom. The van der Waals surface area contributed by atoms with Crippen LogP contribution >= 0.6 is 0 Å². The van der Waals surface area contributed by atoms with Crippen molar-refractivity contribution in [3.05, 3.63) is 29.6 Å². The number of hydrogen-bond donors (Lipinski definition) is 3. The standard InChI is InChI=1S/C20H30F3N5O/c1-4-24-19(26-13-20(2,3)28-10-6-5-7-11-28)25-12-16(29)27-15-9-8-14(21)17(22)18(15)23/h8-9H,4-7,10-13H2,1-3H3,(H,27,29)(H2,24,25,26). The van der Waals surface area contributed by atoms with E-state index in [0.29, 0.717) is 19.0 Å². The molecule has 1 aromatic rings. The molecule has 1 fully saturated rings. The predicted octanol–water partition coefficient (Wildman–Crippen LogP) is 2.86. The van der Waals surface area contributed by atoms with E-state index in [0.717, 1.165) is 25.2 Å². The fourth-order valence-electron chi connectivity index (χ4n) is 3.22. The number of piperidine rings is 1. The molecule has 0 bridgehead atoms. The van der Waals surface area contributed by atoms with Crippen molar-refractivity contribution >= 4 is 17.6 Å². The van der Waals surface area contributed by atoms with Crippen LogP contribution in [0.1, 0.15) is 40.0 Å². The summed E-state index contributed by atoms with van der Waals surface area (Å²) < 4.78 is 39.9. The molecular formula is C20H30F3N5O. The van der Waals surface area contributed by atoms with Crippen molar-refractivity contribution < 1.29 is 18.0 Å². The van der Waals surface area contributed by atoms with Gasteiger partial charge in [0.15, 0.2) is 23.4 Å². The van der Waals surface area contributed by atoms with Crippen molar-refractivity contribution in [2.45, 2.75) is 45.6 Å². The van der Waals surface area contributed by atoms with Crippen LogP contribution in [0, 0.1) is 17.5 Å². The Bertz CT molecular complexity index is 733. The third-order valence-electron chi connectivity index (χ3n) is 4.93. The van der Waals surface area contributed by atoms with Gasteiger partial charge in [-0.2, -0.15) is 0 Å². The normalized spacial score (nSPS) is 15.9. The molecule has 0 saturated carbocycles. The van der Waals surface area contributed by atoms with Gasteiger partial charge in [-0.25, -0.2) is 18.2 Å². The highest BCUT2D eigenvalue weighted by molar-refractivity contribution is 5.94. The van der Waals surface area contributed by atoms with Crippen molar-refractivity contribution in [1.82, 2.24) is 15.5 Å². The molecule has 2 rings (SSSR count). The van der Waals surface area contributed by atoms with Crippen molar-refractivity contribution in [2.24, 2.45) is 4.99 Å². The molecule has 1 saturated heterocycles. The first-order chi connectivity index (χ1) is 13.7. The van der Waals surface area contributed by atoms with Gasteiger partial charge in [0, 0.05) is 18.6 Å². The van der Waals surface area contributed by atoms with E-state index in [1.807, 2.05) is 6.92 Å². The Morgan fingerprint density at radius 2 is 1.79 bits per heavy atom. The molecule has 0 aromatic heterocycles. The number of anilines is 1. The fraction of sp³-hybridized carbons (Fsp3) is 0.600. The SMILES string of the molecule is CCNC(=NCC(=O)Nc1ccc(F)c(F)c1F)NCC(C)(C)N1CCCCC1. The summed E-state index contributed by atoms with van der Waals surface area (Å²) in [5, 5.41) is 8.51. The first kappa shape index (κ1) is 23.0. The zero-order valence-electron chi connectivity index (χ0n) is 17.2. The van der Waals surface area contributed by atoms with Gasteiger partial charge in [0.2, 0.25) is 5.91 Å². The average Bonchev–Trinajstić information content (AvgIpc) is 2.71. The number of hydrogen-bond acceptors (Lipinski definition) is 3. The average molecular weight is 413 g/mol. The van der Waals surface area contributed by atoms with Gasteiger partial charge in [-0.15, -0.1) is 0 Å². The molecule has 1 amide bonds. The summed E-state index contributed by atoms with van der Waals surface area (Å²) in [6.07, 6.45) is 3.65. The van der Waals surface area contributed by atoms with Crippen LogP contribution in [-0.4, -0.2) is 55.0 Å². The molecule has 1 aromatic carbocycles. The van der Waals surface area contributed by atoms with Crippen LogP contribution in [0.2, 0.25) is 0 Å². The number of rotatable bonds is 7. The number of halogens is 3. The number of guanidine groups is 1. The Kier molecular flexibility index (Phi) is 8.31. The Labute approximate surface area is 169 Å². The molecule has 29 heavy (non-hydrogen) atoms. The minimum absolute atomic E-state index is 0.0758. The summed E-state index contributed by atoms with van der Waals surface area (Å²) >= 11 is 0. The van der Waals surface area contributed by atoms with Crippen molar-refractivity contribution in [3.63, 3.8) is 0 Å².